The molecule has 0 aliphatic carbocycles. The molecule has 0 radical (unpaired) electrons. The summed E-state index contributed by atoms with van der Waals surface area (Å²) in [4.78, 5) is 13.6. The van der Waals surface area contributed by atoms with Gasteiger partial charge >= 0.3 is 0 Å². The van der Waals surface area contributed by atoms with Crippen LogP contribution in [0.25, 0.3) is 17.5 Å². The minimum absolute atomic E-state index is 0.0211. The van der Waals surface area contributed by atoms with Crippen molar-refractivity contribution < 1.29 is 9.47 Å². The maximum atomic E-state index is 13.6. The summed E-state index contributed by atoms with van der Waals surface area (Å²) in [6.07, 6.45) is 1.70. The predicted molar refractivity (Wildman–Crippen MR) is 180 cm³/mol. The lowest BCUT2D eigenvalue weighted by atomic mass is 9.84. The first-order valence-corrected chi connectivity index (χ1v) is 15.5. The third kappa shape index (κ3) is 6.04. The van der Waals surface area contributed by atoms with Crippen molar-refractivity contribution in [1.82, 2.24) is 4.57 Å². The maximum absolute atomic E-state index is 13.6. The van der Waals surface area contributed by atoms with E-state index in [2.05, 4.69) is 24.3 Å². The van der Waals surface area contributed by atoms with Crippen LogP contribution in [-0.4, -0.2) is 4.57 Å². The molecule has 0 bridgehead atoms. The second kappa shape index (κ2) is 13.6. The van der Waals surface area contributed by atoms with Gasteiger partial charge in [0, 0.05) is 11.1 Å². The van der Waals surface area contributed by atoms with Gasteiger partial charge < -0.3 is 15.2 Å². The van der Waals surface area contributed by atoms with Crippen LogP contribution in [0.15, 0.2) is 107 Å². The van der Waals surface area contributed by atoms with Crippen molar-refractivity contribution in [3.05, 3.63) is 156 Å². The summed E-state index contributed by atoms with van der Waals surface area (Å²) in [7, 11) is 0. The van der Waals surface area contributed by atoms with E-state index >= 15 is 0 Å². The number of ether oxygens (including phenoxy) is 2. The number of nitriles is 4. The summed E-state index contributed by atoms with van der Waals surface area (Å²) < 4.78 is 13.7. The van der Waals surface area contributed by atoms with Crippen molar-refractivity contribution in [2.45, 2.75) is 19.1 Å². The molecule has 1 atom stereocenters. The molecule has 48 heavy (non-hydrogen) atoms. The van der Waals surface area contributed by atoms with Gasteiger partial charge in [0.15, 0.2) is 0 Å². The molecule has 10 heteroatoms. The van der Waals surface area contributed by atoms with Crippen LogP contribution in [-0.2, 0) is 13.2 Å². The largest absolute Gasteiger partial charge is 0.489 e. The van der Waals surface area contributed by atoms with E-state index in [0.717, 1.165) is 28.0 Å². The van der Waals surface area contributed by atoms with Gasteiger partial charge in [0.2, 0.25) is 0 Å². The van der Waals surface area contributed by atoms with Gasteiger partial charge in [-0.25, -0.2) is 0 Å². The van der Waals surface area contributed by atoms with E-state index in [4.69, 9.17) is 15.2 Å². The number of hydrogen-bond acceptors (Lipinski definition) is 9. The Morgan fingerprint density at radius 2 is 1.23 bits per heavy atom. The number of nitrogens with zero attached hydrogens (tertiary/aromatic N) is 5. The molecule has 0 spiro atoms. The smallest absolute Gasteiger partial charge is 0.274 e. The molecule has 2 heterocycles. The summed E-state index contributed by atoms with van der Waals surface area (Å²) in [5, 5.41) is 39.1. The Morgan fingerprint density at radius 3 is 1.75 bits per heavy atom. The lowest BCUT2D eigenvalue weighted by molar-refractivity contribution is 0.305. The number of rotatable bonds is 8. The third-order valence-electron chi connectivity index (χ3n) is 7.84. The minimum Gasteiger partial charge on any atom is -0.489 e. The molecule has 1 aromatic heterocycles. The molecular weight excluding hydrogens is 621 g/mol. The van der Waals surface area contributed by atoms with Gasteiger partial charge in [-0.15, -0.1) is 11.3 Å². The zero-order valence-corrected chi connectivity index (χ0v) is 26.1. The van der Waals surface area contributed by atoms with E-state index in [-0.39, 0.29) is 30.2 Å². The van der Waals surface area contributed by atoms with Crippen LogP contribution in [0, 0.1) is 45.3 Å². The zero-order valence-electron chi connectivity index (χ0n) is 25.3. The van der Waals surface area contributed by atoms with Crippen molar-refractivity contribution in [2.75, 3.05) is 0 Å². The summed E-state index contributed by atoms with van der Waals surface area (Å²) in [5.74, 6) is 0.345. The number of allylic oxidation sites excluding steroid dienone is 1. The molecule has 0 saturated carbocycles. The predicted octanol–water partition coefficient (Wildman–Crippen LogP) is 4.76. The number of hydrogen-bond donors (Lipinski definition) is 1. The van der Waals surface area contributed by atoms with E-state index in [1.54, 1.807) is 78.9 Å². The second-order valence-electron chi connectivity index (χ2n) is 10.7. The highest BCUT2D eigenvalue weighted by molar-refractivity contribution is 7.07. The molecule has 0 fully saturated rings. The molecule has 9 nitrogen and oxygen atoms in total. The minimum atomic E-state index is -0.776. The molecular formula is C38H24N6O3S. The van der Waals surface area contributed by atoms with Crippen LogP contribution in [0.3, 0.4) is 0 Å². The van der Waals surface area contributed by atoms with Crippen molar-refractivity contribution in [3.63, 3.8) is 0 Å². The molecule has 1 aliphatic rings. The summed E-state index contributed by atoms with van der Waals surface area (Å²) >= 11 is 1.13. The molecule has 1 aliphatic heterocycles. The molecule has 0 saturated heterocycles. The summed E-state index contributed by atoms with van der Waals surface area (Å²) in [5.41, 5.74) is 10.3. The fraction of sp³-hybridized carbons (Fsp3) is 0.0789. The van der Waals surface area contributed by atoms with E-state index < -0.39 is 11.5 Å². The lowest BCUT2D eigenvalue weighted by Gasteiger charge is -2.22. The molecule has 2 N–H and O–H groups in total. The van der Waals surface area contributed by atoms with Crippen LogP contribution < -0.4 is 30.0 Å². The van der Waals surface area contributed by atoms with Crippen LogP contribution >= 0.6 is 11.3 Å². The fourth-order valence-electron chi connectivity index (χ4n) is 5.39. The molecule has 0 unspecified atom stereocenters. The van der Waals surface area contributed by atoms with Crippen LogP contribution in [0.4, 0.5) is 0 Å². The monoisotopic (exact) mass is 644 g/mol. The van der Waals surface area contributed by atoms with Gasteiger partial charge in [-0.3, -0.25) is 9.36 Å². The summed E-state index contributed by atoms with van der Waals surface area (Å²) in [6, 6.07) is 37.2. The quantitative estimate of drug-likeness (QED) is 0.253. The van der Waals surface area contributed by atoms with Gasteiger partial charge in [-0.1, -0.05) is 60.7 Å². The van der Waals surface area contributed by atoms with Gasteiger partial charge in [0.1, 0.15) is 35.2 Å². The van der Waals surface area contributed by atoms with Crippen molar-refractivity contribution >= 4 is 28.8 Å². The summed E-state index contributed by atoms with van der Waals surface area (Å²) in [6.45, 7) is 0.435. The molecule has 6 rings (SSSR count). The standard InChI is InChI=1S/C38H24N6O3S/c39-18-26-5-1-3-7-28(26)22-46-30-13-9-24(10-14-30)17-34-37(45)44-36(43)32(20-41)35(33(21-42)38(44)48-34)25-11-15-31(16-12-25)47-23-29-8-4-2-6-27(29)19-40/h1-17,35H,22-23,43H2/b34-17-/t35-/m1/s1. The number of thiazole rings is 1. The van der Waals surface area contributed by atoms with Gasteiger partial charge in [-0.05, 0) is 53.6 Å². The Labute approximate surface area is 279 Å². The van der Waals surface area contributed by atoms with Gasteiger partial charge in [0.05, 0.1) is 57.0 Å². The number of fused-ring (bicyclic) bond motifs is 1. The first-order valence-electron chi connectivity index (χ1n) is 14.6. The van der Waals surface area contributed by atoms with Gasteiger partial charge in [-0.2, -0.15) is 21.0 Å². The molecule has 5 aromatic rings. The SMILES string of the molecule is N#CC1=C(N)n2c(s/c(=C\c3ccc(OCc4ccccc4C#N)cc3)c2=O)=C(C#N)[C@@H]1c1ccc(OCc2ccccc2C#N)cc1. The number of aromatic nitrogens is 1. The first-order chi connectivity index (χ1) is 23.4. The van der Waals surface area contributed by atoms with E-state index in [1.807, 2.05) is 24.3 Å². The van der Waals surface area contributed by atoms with Crippen LogP contribution in [0.1, 0.15) is 39.3 Å². The lowest BCUT2D eigenvalue weighted by Crippen LogP contribution is -2.38. The Bertz CT molecular complexity index is 2430. The molecule has 4 aromatic carbocycles. The highest BCUT2D eigenvalue weighted by Gasteiger charge is 2.32. The topological polar surface area (TPSA) is 162 Å². The zero-order chi connectivity index (χ0) is 33.6. The third-order valence-corrected chi connectivity index (χ3v) is 8.95. The maximum Gasteiger partial charge on any atom is 0.274 e. The highest BCUT2D eigenvalue weighted by atomic mass is 32.1. The van der Waals surface area contributed by atoms with E-state index in [1.165, 1.54) is 4.57 Å². The highest BCUT2D eigenvalue weighted by Crippen LogP contribution is 2.36. The van der Waals surface area contributed by atoms with Crippen molar-refractivity contribution in [2.24, 2.45) is 5.73 Å². The molecule has 0 amide bonds. The average Bonchev–Trinajstić information content (AvgIpc) is 3.45. The van der Waals surface area contributed by atoms with E-state index in [0.29, 0.717) is 37.4 Å². The van der Waals surface area contributed by atoms with Crippen LogP contribution in [0.5, 0.6) is 11.5 Å². The average molecular weight is 645 g/mol. The van der Waals surface area contributed by atoms with Crippen molar-refractivity contribution in [1.29, 1.82) is 21.0 Å². The van der Waals surface area contributed by atoms with Crippen LogP contribution in [0.2, 0.25) is 0 Å². The Hall–Kier alpha value is -6.85. The second-order valence-corrected chi connectivity index (χ2v) is 11.7. The Morgan fingerprint density at radius 1 is 0.708 bits per heavy atom. The first kappa shape index (κ1) is 31.1. The van der Waals surface area contributed by atoms with Gasteiger partial charge in [0.25, 0.3) is 5.56 Å². The number of benzene rings is 4. The number of nitrogens with two attached hydrogens (primary N) is 1. The Balaban J connectivity index is 1.29. The normalized spacial score (nSPS) is 13.9. The molecule has 230 valence electrons. The van der Waals surface area contributed by atoms with Crippen molar-refractivity contribution in [3.8, 4) is 35.8 Å². The van der Waals surface area contributed by atoms with E-state index in [9.17, 15) is 25.8 Å². The fourth-order valence-corrected chi connectivity index (χ4v) is 6.51. The Kier molecular flexibility index (Phi) is 8.86.